The molecule has 0 aromatic carbocycles. The maximum Gasteiger partial charge on any atom is 0.243 e. The maximum absolute atomic E-state index is 11.7. The first-order valence-corrected chi connectivity index (χ1v) is 8.00. The third kappa shape index (κ3) is 4.27. The van der Waals surface area contributed by atoms with Crippen molar-refractivity contribution in [3.8, 4) is 0 Å². The zero-order chi connectivity index (χ0) is 16.1. The van der Waals surface area contributed by atoms with Gasteiger partial charge in [0.2, 0.25) is 11.8 Å². The molecule has 0 aliphatic carbocycles. The molecule has 1 aliphatic heterocycles. The first-order chi connectivity index (χ1) is 10.5. The standard InChI is InChI=1S/C15H27N5O2/c1-5-6-13-16-15(22-17-13)12(2)20-9-7-19(8-10-20)11-14(21)18(3)4/h12H,5-11H2,1-4H3/t12-/m0/s1. The Hall–Kier alpha value is -1.47. The lowest BCUT2D eigenvalue weighted by molar-refractivity contribution is -0.130. The van der Waals surface area contributed by atoms with E-state index in [0.29, 0.717) is 12.4 Å². The van der Waals surface area contributed by atoms with Crippen LogP contribution in [0.4, 0.5) is 0 Å². The van der Waals surface area contributed by atoms with Crippen molar-refractivity contribution < 1.29 is 9.32 Å². The number of hydrogen-bond donors (Lipinski definition) is 0. The zero-order valence-corrected chi connectivity index (χ0v) is 14.1. The molecule has 0 unspecified atom stereocenters. The van der Waals surface area contributed by atoms with Gasteiger partial charge in [0.15, 0.2) is 5.82 Å². The predicted molar refractivity (Wildman–Crippen MR) is 83.4 cm³/mol. The first kappa shape index (κ1) is 16.9. The SMILES string of the molecule is CCCc1noc([C@H](C)N2CCN(CC(=O)N(C)C)CC2)n1. The minimum absolute atomic E-state index is 0.129. The average Bonchev–Trinajstić information content (AvgIpc) is 2.96. The quantitative estimate of drug-likeness (QED) is 0.774. The minimum Gasteiger partial charge on any atom is -0.348 e. The Balaban J connectivity index is 1.83. The van der Waals surface area contributed by atoms with Crippen LogP contribution < -0.4 is 0 Å². The molecule has 0 N–H and O–H groups in total. The van der Waals surface area contributed by atoms with E-state index in [1.165, 1.54) is 0 Å². The van der Waals surface area contributed by atoms with E-state index in [-0.39, 0.29) is 11.9 Å². The Bertz CT molecular complexity index is 480. The smallest absolute Gasteiger partial charge is 0.243 e. The molecule has 2 rings (SSSR count). The van der Waals surface area contributed by atoms with Crippen LogP contribution in [0.1, 0.15) is 38.0 Å². The van der Waals surface area contributed by atoms with E-state index in [0.717, 1.165) is 44.8 Å². The predicted octanol–water partition coefficient (Wildman–Crippen LogP) is 0.789. The minimum atomic E-state index is 0.129. The third-order valence-corrected chi connectivity index (χ3v) is 4.13. The van der Waals surface area contributed by atoms with Crippen molar-refractivity contribution in [2.24, 2.45) is 0 Å². The summed E-state index contributed by atoms with van der Waals surface area (Å²) in [7, 11) is 3.59. The topological polar surface area (TPSA) is 65.7 Å². The fourth-order valence-electron chi connectivity index (χ4n) is 2.56. The molecule has 22 heavy (non-hydrogen) atoms. The summed E-state index contributed by atoms with van der Waals surface area (Å²) in [6.45, 7) is 8.30. The molecule has 1 atom stereocenters. The van der Waals surface area contributed by atoms with Gasteiger partial charge in [-0.3, -0.25) is 14.6 Å². The monoisotopic (exact) mass is 309 g/mol. The van der Waals surface area contributed by atoms with E-state index in [9.17, 15) is 4.79 Å². The molecule has 2 heterocycles. The van der Waals surface area contributed by atoms with Crippen LogP contribution in [0.25, 0.3) is 0 Å². The van der Waals surface area contributed by atoms with Crippen LogP contribution in [0.3, 0.4) is 0 Å². The summed E-state index contributed by atoms with van der Waals surface area (Å²) in [5.74, 6) is 1.64. The van der Waals surface area contributed by atoms with E-state index in [1.54, 1.807) is 19.0 Å². The van der Waals surface area contributed by atoms with Crippen LogP contribution in [0.2, 0.25) is 0 Å². The Morgan fingerprint density at radius 3 is 2.59 bits per heavy atom. The highest BCUT2D eigenvalue weighted by Gasteiger charge is 2.26. The molecule has 1 aromatic heterocycles. The average molecular weight is 309 g/mol. The van der Waals surface area contributed by atoms with E-state index in [1.807, 2.05) is 0 Å². The van der Waals surface area contributed by atoms with Crippen LogP contribution in [0, 0.1) is 0 Å². The van der Waals surface area contributed by atoms with Gasteiger partial charge >= 0.3 is 0 Å². The molecule has 7 nitrogen and oxygen atoms in total. The van der Waals surface area contributed by atoms with E-state index >= 15 is 0 Å². The summed E-state index contributed by atoms with van der Waals surface area (Å²) in [5.41, 5.74) is 0. The highest BCUT2D eigenvalue weighted by Crippen LogP contribution is 2.20. The summed E-state index contributed by atoms with van der Waals surface area (Å²) in [5, 5.41) is 4.02. The number of carbonyl (C=O) groups excluding carboxylic acids is 1. The van der Waals surface area contributed by atoms with Crippen molar-refractivity contribution in [3.05, 3.63) is 11.7 Å². The van der Waals surface area contributed by atoms with E-state index < -0.39 is 0 Å². The molecule has 1 fully saturated rings. The molecule has 1 aromatic rings. The van der Waals surface area contributed by atoms with Crippen molar-refractivity contribution in [1.29, 1.82) is 0 Å². The van der Waals surface area contributed by atoms with Gasteiger partial charge in [-0.15, -0.1) is 0 Å². The van der Waals surface area contributed by atoms with Gasteiger partial charge in [0.25, 0.3) is 0 Å². The van der Waals surface area contributed by atoms with Crippen molar-refractivity contribution in [3.63, 3.8) is 0 Å². The maximum atomic E-state index is 11.7. The van der Waals surface area contributed by atoms with Gasteiger partial charge < -0.3 is 9.42 Å². The van der Waals surface area contributed by atoms with Crippen LogP contribution >= 0.6 is 0 Å². The number of nitrogens with zero attached hydrogens (tertiary/aromatic N) is 5. The highest BCUT2D eigenvalue weighted by molar-refractivity contribution is 5.77. The van der Waals surface area contributed by atoms with E-state index in [2.05, 4.69) is 33.8 Å². The fraction of sp³-hybridized carbons (Fsp3) is 0.800. The lowest BCUT2D eigenvalue weighted by Crippen LogP contribution is -2.49. The summed E-state index contributed by atoms with van der Waals surface area (Å²) in [6.07, 6.45) is 1.88. The lowest BCUT2D eigenvalue weighted by atomic mass is 10.2. The lowest BCUT2D eigenvalue weighted by Gasteiger charge is -2.36. The Morgan fingerprint density at radius 1 is 1.32 bits per heavy atom. The Morgan fingerprint density at radius 2 is 2.00 bits per heavy atom. The Labute approximate surface area is 132 Å². The molecular formula is C15H27N5O2. The van der Waals surface area contributed by atoms with Gasteiger partial charge in [-0.05, 0) is 13.3 Å². The normalized spacial score (nSPS) is 18.4. The number of rotatable bonds is 6. The number of likely N-dealkylation sites (N-methyl/N-ethyl adjacent to an activating group) is 1. The number of hydrogen-bond acceptors (Lipinski definition) is 6. The largest absolute Gasteiger partial charge is 0.348 e. The molecule has 0 radical (unpaired) electrons. The molecule has 0 saturated carbocycles. The van der Waals surface area contributed by atoms with Crippen molar-refractivity contribution in [1.82, 2.24) is 24.8 Å². The summed E-state index contributed by atoms with van der Waals surface area (Å²) < 4.78 is 5.38. The second-order valence-corrected chi connectivity index (χ2v) is 6.08. The number of aromatic nitrogens is 2. The summed E-state index contributed by atoms with van der Waals surface area (Å²) in [6, 6.07) is 0.129. The van der Waals surface area contributed by atoms with Crippen molar-refractivity contribution in [2.75, 3.05) is 46.8 Å². The fourth-order valence-corrected chi connectivity index (χ4v) is 2.56. The highest BCUT2D eigenvalue weighted by atomic mass is 16.5. The number of aryl methyl sites for hydroxylation is 1. The second kappa shape index (κ2) is 7.69. The molecule has 7 heteroatoms. The number of piperazine rings is 1. The number of amides is 1. The Kier molecular flexibility index (Phi) is 5.90. The van der Waals surface area contributed by atoms with Crippen LogP contribution in [0.5, 0.6) is 0 Å². The first-order valence-electron chi connectivity index (χ1n) is 8.00. The number of carbonyl (C=O) groups is 1. The molecule has 124 valence electrons. The molecule has 0 bridgehead atoms. The molecule has 1 aliphatic rings. The molecule has 1 saturated heterocycles. The van der Waals surface area contributed by atoms with Gasteiger partial charge in [-0.1, -0.05) is 12.1 Å². The van der Waals surface area contributed by atoms with Gasteiger partial charge in [-0.2, -0.15) is 4.98 Å². The van der Waals surface area contributed by atoms with Gasteiger partial charge in [0.05, 0.1) is 12.6 Å². The summed E-state index contributed by atoms with van der Waals surface area (Å²) in [4.78, 5) is 22.4. The van der Waals surface area contributed by atoms with Crippen molar-refractivity contribution in [2.45, 2.75) is 32.7 Å². The molecule has 1 amide bonds. The van der Waals surface area contributed by atoms with Gasteiger partial charge in [0.1, 0.15) is 0 Å². The van der Waals surface area contributed by atoms with Crippen LogP contribution in [-0.4, -0.2) is 77.6 Å². The second-order valence-electron chi connectivity index (χ2n) is 6.08. The van der Waals surface area contributed by atoms with E-state index in [4.69, 9.17) is 4.52 Å². The molecule has 0 spiro atoms. The molecular weight excluding hydrogens is 282 g/mol. The zero-order valence-electron chi connectivity index (χ0n) is 14.1. The van der Waals surface area contributed by atoms with Gasteiger partial charge in [-0.25, -0.2) is 0 Å². The van der Waals surface area contributed by atoms with Gasteiger partial charge in [0, 0.05) is 46.7 Å². The summed E-state index contributed by atoms with van der Waals surface area (Å²) >= 11 is 0. The van der Waals surface area contributed by atoms with Crippen LogP contribution in [0.15, 0.2) is 4.52 Å². The third-order valence-electron chi connectivity index (χ3n) is 4.13. The van der Waals surface area contributed by atoms with Crippen LogP contribution in [-0.2, 0) is 11.2 Å². The van der Waals surface area contributed by atoms with Crippen molar-refractivity contribution >= 4 is 5.91 Å².